The fraction of sp³-hybridized carbons (Fsp3) is 0.867. The maximum absolute atomic E-state index is 5.68. The van der Waals surface area contributed by atoms with Crippen molar-refractivity contribution in [2.75, 3.05) is 13.2 Å². The van der Waals surface area contributed by atoms with Gasteiger partial charge in [-0.2, -0.15) is 4.98 Å². The first-order chi connectivity index (χ1) is 9.58. The first-order valence-electron chi connectivity index (χ1n) is 7.80. The normalized spacial score (nSPS) is 23.4. The molecule has 1 N–H and O–H groups in total. The molecule has 1 heterocycles. The molecule has 1 aromatic heterocycles. The van der Waals surface area contributed by atoms with Crippen LogP contribution < -0.4 is 5.32 Å². The van der Waals surface area contributed by atoms with E-state index in [1.165, 1.54) is 12.8 Å². The second-order valence-corrected chi connectivity index (χ2v) is 6.00. The second-order valence-electron chi connectivity index (χ2n) is 6.00. The first-order valence-corrected chi connectivity index (χ1v) is 7.80. The van der Waals surface area contributed by atoms with E-state index in [1.54, 1.807) is 0 Å². The molecule has 0 amide bonds. The van der Waals surface area contributed by atoms with Crippen molar-refractivity contribution in [3.63, 3.8) is 0 Å². The van der Waals surface area contributed by atoms with Crippen LogP contribution in [0.5, 0.6) is 0 Å². The molecule has 0 spiro atoms. The number of nitrogens with zero attached hydrogens (tertiary/aromatic N) is 2. The molecule has 0 aliphatic heterocycles. The minimum Gasteiger partial charge on any atom is -0.368 e. The van der Waals surface area contributed by atoms with Gasteiger partial charge in [0.1, 0.15) is 5.60 Å². The van der Waals surface area contributed by atoms with E-state index < -0.39 is 5.60 Å². The van der Waals surface area contributed by atoms with Crippen molar-refractivity contribution in [1.82, 2.24) is 15.5 Å². The van der Waals surface area contributed by atoms with Gasteiger partial charge in [-0.25, -0.2) is 0 Å². The van der Waals surface area contributed by atoms with E-state index in [2.05, 4.69) is 22.4 Å². The van der Waals surface area contributed by atoms with Crippen LogP contribution in [0.3, 0.4) is 0 Å². The van der Waals surface area contributed by atoms with Crippen LogP contribution in [0.15, 0.2) is 4.52 Å². The summed E-state index contributed by atoms with van der Waals surface area (Å²) in [7, 11) is 0. The van der Waals surface area contributed by atoms with Crippen LogP contribution in [-0.4, -0.2) is 29.3 Å². The molecule has 1 fully saturated rings. The van der Waals surface area contributed by atoms with E-state index in [-0.39, 0.29) is 0 Å². The van der Waals surface area contributed by atoms with E-state index in [4.69, 9.17) is 9.26 Å². The molecule has 2 rings (SSSR count). The third kappa shape index (κ3) is 3.38. The monoisotopic (exact) mass is 281 g/mol. The predicted molar refractivity (Wildman–Crippen MR) is 77.6 cm³/mol. The first kappa shape index (κ1) is 15.4. The molecular formula is C15H27N3O2. The molecule has 1 aromatic rings. The highest BCUT2D eigenvalue weighted by molar-refractivity contribution is 5.06. The minimum atomic E-state index is -0.485. The molecule has 1 aliphatic rings. The standard InChI is InChI=1S/C15H27N3O2/c1-5-10-16-12-9-7-8-11(12)13-17-14(18-20-13)15(3,4)19-6-2/h11-12,16H,5-10H2,1-4H3. The van der Waals surface area contributed by atoms with Gasteiger partial charge in [-0.3, -0.25) is 0 Å². The molecule has 1 aliphatic carbocycles. The third-order valence-corrected chi connectivity index (χ3v) is 3.98. The summed E-state index contributed by atoms with van der Waals surface area (Å²) in [6.07, 6.45) is 4.68. The van der Waals surface area contributed by atoms with Gasteiger partial charge in [0.15, 0.2) is 0 Å². The smallest absolute Gasteiger partial charge is 0.231 e. The molecule has 2 atom stereocenters. The number of hydrogen-bond donors (Lipinski definition) is 1. The van der Waals surface area contributed by atoms with Gasteiger partial charge in [0.05, 0.1) is 5.92 Å². The Labute approximate surface area is 121 Å². The summed E-state index contributed by atoms with van der Waals surface area (Å²) < 4.78 is 11.2. The summed E-state index contributed by atoms with van der Waals surface area (Å²) in [5.41, 5.74) is -0.485. The van der Waals surface area contributed by atoms with Crippen LogP contribution in [0.4, 0.5) is 0 Å². The number of hydrogen-bond acceptors (Lipinski definition) is 5. The second kappa shape index (κ2) is 6.68. The maximum atomic E-state index is 5.68. The summed E-state index contributed by atoms with van der Waals surface area (Å²) in [5.74, 6) is 1.76. The molecule has 0 bridgehead atoms. The van der Waals surface area contributed by atoms with Gasteiger partial charge >= 0.3 is 0 Å². The summed E-state index contributed by atoms with van der Waals surface area (Å²) in [6.45, 7) is 9.81. The number of rotatable bonds is 7. The molecular weight excluding hydrogens is 254 g/mol. The third-order valence-electron chi connectivity index (χ3n) is 3.98. The van der Waals surface area contributed by atoms with Crippen molar-refractivity contribution in [3.05, 3.63) is 11.7 Å². The van der Waals surface area contributed by atoms with Crippen LogP contribution in [0.25, 0.3) is 0 Å². The van der Waals surface area contributed by atoms with Gasteiger partial charge in [0.2, 0.25) is 11.7 Å². The van der Waals surface area contributed by atoms with Gasteiger partial charge in [-0.1, -0.05) is 18.5 Å². The van der Waals surface area contributed by atoms with E-state index in [1.807, 2.05) is 20.8 Å². The average Bonchev–Trinajstić information content (AvgIpc) is 3.05. The lowest BCUT2D eigenvalue weighted by molar-refractivity contribution is -0.0221. The van der Waals surface area contributed by atoms with Crippen LogP contribution in [0, 0.1) is 0 Å². The average molecular weight is 281 g/mol. The summed E-state index contributed by atoms with van der Waals surface area (Å²) in [4.78, 5) is 4.60. The van der Waals surface area contributed by atoms with Crippen LogP contribution in [-0.2, 0) is 10.3 Å². The summed E-state index contributed by atoms with van der Waals surface area (Å²) >= 11 is 0. The molecule has 0 aromatic carbocycles. The van der Waals surface area contributed by atoms with Gasteiger partial charge < -0.3 is 14.6 Å². The molecule has 5 nitrogen and oxygen atoms in total. The van der Waals surface area contributed by atoms with Crippen molar-refractivity contribution in [2.24, 2.45) is 0 Å². The molecule has 114 valence electrons. The lowest BCUT2D eigenvalue weighted by atomic mass is 10.0. The van der Waals surface area contributed by atoms with Gasteiger partial charge in [-0.15, -0.1) is 0 Å². The van der Waals surface area contributed by atoms with Crippen LogP contribution >= 0.6 is 0 Å². The van der Waals surface area contributed by atoms with Crippen molar-refractivity contribution >= 4 is 0 Å². The zero-order chi connectivity index (χ0) is 14.6. The Hall–Kier alpha value is -0.940. The van der Waals surface area contributed by atoms with Gasteiger partial charge in [-0.05, 0) is 46.6 Å². The zero-order valence-corrected chi connectivity index (χ0v) is 13.1. The maximum Gasteiger partial charge on any atom is 0.231 e. The molecule has 0 saturated heterocycles. The van der Waals surface area contributed by atoms with Crippen molar-refractivity contribution in [1.29, 1.82) is 0 Å². The molecule has 0 radical (unpaired) electrons. The minimum absolute atomic E-state index is 0.347. The quantitative estimate of drug-likeness (QED) is 0.832. The van der Waals surface area contributed by atoms with Crippen molar-refractivity contribution < 1.29 is 9.26 Å². The van der Waals surface area contributed by atoms with Gasteiger partial charge in [0, 0.05) is 12.6 Å². The predicted octanol–water partition coefficient (Wildman–Crippen LogP) is 2.98. The van der Waals surface area contributed by atoms with E-state index in [0.29, 0.717) is 24.4 Å². The lowest BCUT2D eigenvalue weighted by Crippen LogP contribution is -2.32. The Morgan fingerprint density at radius 2 is 2.15 bits per heavy atom. The SMILES string of the molecule is CCCNC1CCCC1c1nc(C(C)(C)OCC)no1. The lowest BCUT2D eigenvalue weighted by Gasteiger charge is -2.20. The number of ether oxygens (including phenoxy) is 1. The molecule has 20 heavy (non-hydrogen) atoms. The number of aromatic nitrogens is 2. The van der Waals surface area contributed by atoms with Crippen LogP contribution in [0.1, 0.15) is 71.0 Å². The van der Waals surface area contributed by atoms with Crippen molar-refractivity contribution in [2.45, 2.75) is 70.9 Å². The highest BCUT2D eigenvalue weighted by atomic mass is 16.5. The fourth-order valence-electron chi connectivity index (χ4n) is 2.89. The zero-order valence-electron chi connectivity index (χ0n) is 13.1. The Balaban J connectivity index is 2.07. The highest BCUT2D eigenvalue weighted by Gasteiger charge is 2.34. The Kier molecular flexibility index (Phi) is 5.16. The highest BCUT2D eigenvalue weighted by Crippen LogP contribution is 2.34. The number of nitrogens with one attached hydrogen (secondary N) is 1. The Bertz CT molecular complexity index is 417. The Morgan fingerprint density at radius 3 is 2.85 bits per heavy atom. The van der Waals surface area contributed by atoms with Crippen molar-refractivity contribution in [3.8, 4) is 0 Å². The molecule has 1 saturated carbocycles. The molecule has 2 unspecified atom stereocenters. The summed E-state index contributed by atoms with van der Waals surface area (Å²) in [6, 6.07) is 0.471. The topological polar surface area (TPSA) is 60.2 Å². The summed E-state index contributed by atoms with van der Waals surface area (Å²) in [5, 5.41) is 7.72. The fourth-order valence-corrected chi connectivity index (χ4v) is 2.89. The van der Waals surface area contributed by atoms with Crippen LogP contribution in [0.2, 0.25) is 0 Å². The van der Waals surface area contributed by atoms with E-state index >= 15 is 0 Å². The van der Waals surface area contributed by atoms with Gasteiger partial charge in [0.25, 0.3) is 0 Å². The van der Waals surface area contributed by atoms with E-state index in [0.717, 1.165) is 25.3 Å². The Morgan fingerprint density at radius 1 is 1.35 bits per heavy atom. The largest absolute Gasteiger partial charge is 0.368 e. The van der Waals surface area contributed by atoms with E-state index in [9.17, 15) is 0 Å². The molecule has 5 heteroatoms.